The number of hydrogen-bond donors (Lipinski definition) is 0. The first kappa shape index (κ1) is 9.16. The predicted octanol–water partition coefficient (Wildman–Crippen LogP) is 2.04. The van der Waals surface area contributed by atoms with Crippen molar-refractivity contribution in [3.8, 4) is 0 Å². The number of fused-ring (bicyclic) bond motifs is 2. The molecule has 3 unspecified atom stereocenters. The lowest BCUT2D eigenvalue weighted by Gasteiger charge is -2.29. The Labute approximate surface area is 76.8 Å². The van der Waals surface area contributed by atoms with Crippen LogP contribution in [0.1, 0.15) is 6.42 Å². The summed E-state index contributed by atoms with van der Waals surface area (Å²) in [7, 11) is -3.31. The Morgan fingerprint density at radius 1 is 1.54 bits per heavy atom. The van der Waals surface area contributed by atoms with Crippen molar-refractivity contribution in [2.24, 2.45) is 0 Å². The van der Waals surface area contributed by atoms with Crippen molar-refractivity contribution in [1.82, 2.24) is 0 Å². The number of phosphoric acid groups is 1. The first-order valence-electron chi connectivity index (χ1n) is 4.12. The van der Waals surface area contributed by atoms with Crippen molar-refractivity contribution in [3.63, 3.8) is 0 Å². The highest BCUT2D eigenvalue weighted by Gasteiger charge is 2.39. The minimum absolute atomic E-state index is 0.176. The molecule has 2 rings (SSSR count). The van der Waals surface area contributed by atoms with Gasteiger partial charge in [0.15, 0.2) is 0 Å². The largest absolute Gasteiger partial charge is 0.476 e. The fourth-order valence-electron chi connectivity index (χ4n) is 1.33. The van der Waals surface area contributed by atoms with Gasteiger partial charge in [-0.1, -0.05) is 18.2 Å². The molecule has 0 aromatic carbocycles. The maximum absolute atomic E-state index is 11.7. The molecular weight excluding hydrogens is 191 g/mol. The topological polar surface area (TPSA) is 44.8 Å². The molecule has 1 fully saturated rings. The van der Waals surface area contributed by atoms with E-state index in [4.69, 9.17) is 13.6 Å². The Kier molecular flexibility index (Phi) is 2.39. The van der Waals surface area contributed by atoms with Crippen molar-refractivity contribution in [1.29, 1.82) is 0 Å². The zero-order chi connectivity index (χ0) is 9.31. The Morgan fingerprint density at radius 3 is 3.15 bits per heavy atom. The average molecular weight is 202 g/mol. The molecule has 0 saturated carbocycles. The third-order valence-electron chi connectivity index (χ3n) is 1.94. The highest BCUT2D eigenvalue weighted by atomic mass is 31.2. The van der Waals surface area contributed by atoms with Crippen molar-refractivity contribution in [2.45, 2.75) is 18.6 Å². The zero-order valence-corrected chi connectivity index (χ0v) is 7.98. The molecule has 72 valence electrons. The van der Waals surface area contributed by atoms with Crippen LogP contribution in [0.5, 0.6) is 0 Å². The maximum Gasteiger partial charge on any atom is 0.476 e. The van der Waals surface area contributed by atoms with Gasteiger partial charge in [0.05, 0.1) is 18.8 Å². The molecule has 0 aliphatic carbocycles. The second-order valence-electron chi connectivity index (χ2n) is 2.93. The van der Waals surface area contributed by atoms with E-state index in [2.05, 4.69) is 6.58 Å². The van der Waals surface area contributed by atoms with E-state index in [1.807, 2.05) is 6.08 Å². The van der Waals surface area contributed by atoms with Crippen molar-refractivity contribution in [2.75, 3.05) is 6.61 Å². The molecule has 0 radical (unpaired) electrons. The molecule has 0 aromatic rings. The van der Waals surface area contributed by atoms with E-state index in [9.17, 15) is 4.57 Å². The van der Waals surface area contributed by atoms with Gasteiger partial charge in [0, 0.05) is 6.42 Å². The quantitative estimate of drug-likeness (QED) is 0.482. The van der Waals surface area contributed by atoms with Crippen LogP contribution in [-0.2, 0) is 18.1 Å². The van der Waals surface area contributed by atoms with Crippen molar-refractivity contribution < 1.29 is 18.1 Å². The van der Waals surface area contributed by atoms with Crippen LogP contribution in [0.25, 0.3) is 0 Å². The molecule has 2 bridgehead atoms. The van der Waals surface area contributed by atoms with Crippen LogP contribution < -0.4 is 0 Å². The summed E-state index contributed by atoms with van der Waals surface area (Å²) in [6, 6.07) is 0. The molecular formula is C8H11O4P. The second-order valence-corrected chi connectivity index (χ2v) is 4.50. The third kappa shape index (κ3) is 1.92. The van der Waals surface area contributed by atoms with Gasteiger partial charge in [0.2, 0.25) is 0 Å². The van der Waals surface area contributed by atoms with Crippen LogP contribution in [0.3, 0.4) is 0 Å². The number of rotatable bonds is 1. The molecule has 13 heavy (non-hydrogen) atoms. The highest BCUT2D eigenvalue weighted by Crippen LogP contribution is 2.56. The summed E-state index contributed by atoms with van der Waals surface area (Å²) in [5.74, 6) is 0. The van der Waals surface area contributed by atoms with Gasteiger partial charge in [0.25, 0.3) is 0 Å². The molecule has 0 spiro atoms. The number of phosphoric ester groups is 1. The fraction of sp³-hybridized carbons (Fsp3) is 0.500. The Hall–Kier alpha value is -0.410. The van der Waals surface area contributed by atoms with E-state index in [0.29, 0.717) is 6.42 Å². The zero-order valence-electron chi connectivity index (χ0n) is 7.09. The second kappa shape index (κ2) is 3.39. The van der Waals surface area contributed by atoms with Gasteiger partial charge in [-0.25, -0.2) is 4.57 Å². The van der Waals surface area contributed by atoms with E-state index in [1.165, 1.54) is 0 Å². The normalized spacial score (nSPS) is 44.0. The molecule has 2 aliphatic rings. The monoisotopic (exact) mass is 202 g/mol. The third-order valence-corrected chi connectivity index (χ3v) is 3.46. The summed E-state index contributed by atoms with van der Waals surface area (Å²) in [5.41, 5.74) is 0. The van der Waals surface area contributed by atoms with E-state index in [0.717, 1.165) is 0 Å². The van der Waals surface area contributed by atoms with Crippen LogP contribution in [0, 0.1) is 0 Å². The van der Waals surface area contributed by atoms with Crippen LogP contribution in [0.4, 0.5) is 0 Å². The van der Waals surface area contributed by atoms with Crippen molar-refractivity contribution in [3.05, 3.63) is 24.8 Å². The molecule has 2 aliphatic heterocycles. The SMILES string of the molecule is C=CC1CC2C=CCOP(=O)(O1)O2. The predicted molar refractivity (Wildman–Crippen MR) is 47.3 cm³/mol. The fourth-order valence-corrected chi connectivity index (χ4v) is 2.76. The Morgan fingerprint density at radius 2 is 2.38 bits per heavy atom. The Balaban J connectivity index is 2.22. The molecule has 2 heterocycles. The average Bonchev–Trinajstić information content (AvgIpc) is 2.23. The first-order valence-corrected chi connectivity index (χ1v) is 5.58. The maximum atomic E-state index is 11.7. The first-order chi connectivity index (χ1) is 6.22. The van der Waals surface area contributed by atoms with Gasteiger partial charge in [-0.05, 0) is 0 Å². The molecule has 3 atom stereocenters. The van der Waals surface area contributed by atoms with Crippen molar-refractivity contribution >= 4 is 7.82 Å². The molecule has 0 amide bonds. The summed E-state index contributed by atoms with van der Waals surface area (Å²) in [6.07, 6.45) is 5.48. The highest BCUT2D eigenvalue weighted by molar-refractivity contribution is 7.48. The van der Waals surface area contributed by atoms with Gasteiger partial charge >= 0.3 is 7.82 Å². The van der Waals surface area contributed by atoms with Gasteiger partial charge in [-0.3, -0.25) is 13.6 Å². The Bertz CT molecular complexity index is 286. The lowest BCUT2D eigenvalue weighted by atomic mass is 10.1. The molecule has 0 N–H and O–H groups in total. The van der Waals surface area contributed by atoms with Gasteiger partial charge < -0.3 is 0 Å². The summed E-state index contributed by atoms with van der Waals surface area (Å²) in [6.45, 7) is 3.87. The summed E-state index contributed by atoms with van der Waals surface area (Å²) in [4.78, 5) is 0. The van der Waals surface area contributed by atoms with Crippen LogP contribution in [0.15, 0.2) is 24.8 Å². The van der Waals surface area contributed by atoms with E-state index >= 15 is 0 Å². The van der Waals surface area contributed by atoms with Gasteiger partial charge in [-0.15, -0.1) is 6.58 Å². The van der Waals surface area contributed by atoms with Crippen LogP contribution in [-0.4, -0.2) is 18.8 Å². The lowest BCUT2D eigenvalue weighted by Crippen LogP contribution is -2.25. The van der Waals surface area contributed by atoms with Gasteiger partial charge in [0.1, 0.15) is 0 Å². The van der Waals surface area contributed by atoms with E-state index < -0.39 is 7.82 Å². The van der Waals surface area contributed by atoms with E-state index in [1.54, 1.807) is 12.2 Å². The summed E-state index contributed by atoms with van der Waals surface area (Å²) in [5, 5.41) is 0. The van der Waals surface area contributed by atoms with Crippen LogP contribution >= 0.6 is 7.82 Å². The summed E-state index contributed by atoms with van der Waals surface area (Å²) < 4.78 is 26.9. The van der Waals surface area contributed by atoms with Crippen LogP contribution in [0.2, 0.25) is 0 Å². The molecule has 5 heteroatoms. The molecule has 0 aromatic heterocycles. The summed E-state index contributed by atoms with van der Waals surface area (Å²) >= 11 is 0. The minimum atomic E-state index is -3.31. The standard InChI is InChI=1S/C8H11O4P/c1-2-7-6-8-4-3-5-10-13(9,11-7)12-8/h2-4,7-8H,1,5-6H2. The number of hydrogen-bond acceptors (Lipinski definition) is 4. The lowest BCUT2D eigenvalue weighted by molar-refractivity contribution is 0.0318. The van der Waals surface area contributed by atoms with Gasteiger partial charge in [-0.2, -0.15) is 0 Å². The molecule has 4 nitrogen and oxygen atoms in total. The van der Waals surface area contributed by atoms with E-state index in [-0.39, 0.29) is 18.8 Å². The smallest absolute Gasteiger partial charge is 0.283 e. The molecule has 1 saturated heterocycles. The minimum Gasteiger partial charge on any atom is -0.283 e.